The molecule has 3 N–H and O–H groups in total. The van der Waals surface area contributed by atoms with Crippen molar-refractivity contribution < 1.29 is 19.1 Å². The van der Waals surface area contributed by atoms with E-state index < -0.39 is 11.8 Å². The van der Waals surface area contributed by atoms with Gasteiger partial charge in [0, 0.05) is 5.56 Å². The van der Waals surface area contributed by atoms with Crippen LogP contribution in [0.5, 0.6) is 11.5 Å². The highest BCUT2D eigenvalue weighted by atomic mass is 79.9. The molecule has 0 bridgehead atoms. The lowest BCUT2D eigenvalue weighted by atomic mass is 9.99. The summed E-state index contributed by atoms with van der Waals surface area (Å²) < 4.78 is 11.7. The summed E-state index contributed by atoms with van der Waals surface area (Å²) in [7, 11) is 0. The molecule has 1 atom stereocenters. The molecule has 2 amide bonds. The quantitative estimate of drug-likeness (QED) is 0.351. The Kier molecular flexibility index (Phi) is 9.93. The molecule has 172 valence electrons. The van der Waals surface area contributed by atoms with E-state index in [1.54, 1.807) is 18.2 Å². The van der Waals surface area contributed by atoms with Gasteiger partial charge >= 0.3 is 0 Å². The molecule has 32 heavy (non-hydrogen) atoms. The molecule has 7 nitrogen and oxygen atoms in total. The predicted octanol–water partition coefficient (Wildman–Crippen LogP) is 4.46. The molecule has 2 aromatic carbocycles. The highest BCUT2D eigenvalue weighted by Crippen LogP contribution is 2.27. The van der Waals surface area contributed by atoms with Gasteiger partial charge in [-0.1, -0.05) is 26.0 Å². The van der Waals surface area contributed by atoms with Gasteiger partial charge in [0.25, 0.3) is 11.8 Å². The number of carbonyl (C=O) groups excluding carboxylic acids is 2. The monoisotopic (exact) mass is 521 g/mol. The molecule has 0 heterocycles. The topological polar surface area (TPSA) is 88.7 Å². The fourth-order valence-corrected chi connectivity index (χ4v) is 3.25. The number of carbonyl (C=O) groups is 2. The maximum atomic E-state index is 12.4. The molecule has 9 heteroatoms. The number of hydrogen-bond acceptors (Lipinski definition) is 5. The molecule has 0 aliphatic heterocycles. The summed E-state index contributed by atoms with van der Waals surface area (Å²) in [6.07, 6.45) is 1.07. The average molecular weight is 522 g/mol. The maximum absolute atomic E-state index is 12.4. The zero-order chi connectivity index (χ0) is 23.7. The average Bonchev–Trinajstić information content (AvgIpc) is 2.77. The number of benzene rings is 2. The minimum absolute atomic E-state index is 0.0134. The molecule has 0 fully saturated rings. The lowest BCUT2D eigenvalue weighted by Gasteiger charge is -2.14. The second-order valence-corrected chi connectivity index (χ2v) is 8.70. The minimum Gasteiger partial charge on any atom is -0.490 e. The Morgan fingerprint density at radius 1 is 1.06 bits per heavy atom. The fourth-order valence-electron chi connectivity index (χ4n) is 2.64. The van der Waals surface area contributed by atoms with Gasteiger partial charge in [0.15, 0.2) is 11.7 Å². The Morgan fingerprint density at radius 3 is 2.34 bits per heavy atom. The summed E-state index contributed by atoms with van der Waals surface area (Å²) in [5, 5.41) is 2.46. The van der Waals surface area contributed by atoms with Gasteiger partial charge < -0.3 is 9.47 Å². The van der Waals surface area contributed by atoms with E-state index in [9.17, 15) is 9.59 Å². The Balaban J connectivity index is 1.76. The van der Waals surface area contributed by atoms with Crippen molar-refractivity contribution in [2.75, 3.05) is 6.61 Å². The van der Waals surface area contributed by atoms with Crippen LogP contribution in [0.15, 0.2) is 46.9 Å². The van der Waals surface area contributed by atoms with Crippen molar-refractivity contribution in [1.82, 2.24) is 16.2 Å². The van der Waals surface area contributed by atoms with Gasteiger partial charge in [-0.3, -0.25) is 25.8 Å². The van der Waals surface area contributed by atoms with E-state index in [1.165, 1.54) is 5.56 Å². The SMILES string of the molecule is CCC(C)c1ccc(OCC(=O)NNC(=S)NC(=O)c2ccc(OC(C)C)c(Br)c2)cc1. The molecule has 0 saturated carbocycles. The zero-order valence-electron chi connectivity index (χ0n) is 18.5. The molecule has 2 aromatic rings. The van der Waals surface area contributed by atoms with Crippen LogP contribution in [0.3, 0.4) is 0 Å². The van der Waals surface area contributed by atoms with Gasteiger partial charge in [-0.15, -0.1) is 0 Å². The van der Waals surface area contributed by atoms with Crippen LogP contribution in [0, 0.1) is 0 Å². The highest BCUT2D eigenvalue weighted by molar-refractivity contribution is 9.10. The van der Waals surface area contributed by atoms with E-state index in [2.05, 4.69) is 45.9 Å². The van der Waals surface area contributed by atoms with Gasteiger partial charge in [0.2, 0.25) is 0 Å². The van der Waals surface area contributed by atoms with Gasteiger partial charge in [-0.05, 0) is 90.2 Å². The van der Waals surface area contributed by atoms with Crippen LogP contribution in [-0.4, -0.2) is 29.6 Å². The molecule has 2 rings (SSSR count). The first-order valence-corrected chi connectivity index (χ1v) is 11.5. The van der Waals surface area contributed by atoms with Crippen molar-refractivity contribution in [3.05, 3.63) is 58.1 Å². The summed E-state index contributed by atoms with van der Waals surface area (Å²) in [6.45, 7) is 7.93. The van der Waals surface area contributed by atoms with Crippen LogP contribution in [0.4, 0.5) is 0 Å². The van der Waals surface area contributed by atoms with Crippen molar-refractivity contribution in [3.8, 4) is 11.5 Å². The molecule has 0 saturated heterocycles. The first kappa shape index (κ1) is 25.6. The fraction of sp³-hybridized carbons (Fsp3) is 0.348. The van der Waals surface area contributed by atoms with Crippen LogP contribution >= 0.6 is 28.1 Å². The predicted molar refractivity (Wildman–Crippen MR) is 132 cm³/mol. The van der Waals surface area contributed by atoms with Crippen molar-refractivity contribution in [2.45, 2.75) is 46.1 Å². The Morgan fingerprint density at radius 2 is 1.75 bits per heavy atom. The van der Waals surface area contributed by atoms with Gasteiger partial charge in [0.05, 0.1) is 10.6 Å². The first-order valence-electron chi connectivity index (χ1n) is 10.3. The van der Waals surface area contributed by atoms with Crippen LogP contribution < -0.4 is 25.6 Å². The molecule has 0 spiro atoms. The number of hydrazine groups is 1. The van der Waals surface area contributed by atoms with E-state index in [0.29, 0.717) is 27.5 Å². The molecule has 0 aliphatic carbocycles. The molecular weight excluding hydrogens is 494 g/mol. The highest BCUT2D eigenvalue weighted by Gasteiger charge is 2.12. The summed E-state index contributed by atoms with van der Waals surface area (Å²) in [6, 6.07) is 12.6. The lowest BCUT2D eigenvalue weighted by Crippen LogP contribution is -2.49. The second-order valence-electron chi connectivity index (χ2n) is 7.44. The van der Waals surface area contributed by atoms with Crippen molar-refractivity contribution >= 4 is 45.1 Å². The van der Waals surface area contributed by atoms with E-state index in [-0.39, 0.29) is 17.8 Å². The summed E-state index contributed by atoms with van der Waals surface area (Å²) in [5.74, 6) is 0.842. The number of rotatable bonds is 8. The number of amides is 2. The minimum atomic E-state index is -0.439. The van der Waals surface area contributed by atoms with Crippen molar-refractivity contribution in [3.63, 3.8) is 0 Å². The Hall–Kier alpha value is -2.65. The van der Waals surface area contributed by atoms with Crippen LogP contribution in [0.1, 0.15) is 56.0 Å². The van der Waals surface area contributed by atoms with Crippen molar-refractivity contribution in [2.24, 2.45) is 0 Å². The van der Waals surface area contributed by atoms with E-state index in [1.807, 2.05) is 38.1 Å². The Labute approximate surface area is 202 Å². The van der Waals surface area contributed by atoms with Crippen LogP contribution in [0.25, 0.3) is 0 Å². The first-order chi connectivity index (χ1) is 15.2. The summed E-state index contributed by atoms with van der Waals surface area (Å²) in [4.78, 5) is 24.3. The second kappa shape index (κ2) is 12.4. The lowest BCUT2D eigenvalue weighted by molar-refractivity contribution is -0.123. The largest absolute Gasteiger partial charge is 0.490 e. The zero-order valence-corrected chi connectivity index (χ0v) is 20.9. The number of ether oxygens (including phenoxy) is 2. The number of nitrogens with one attached hydrogen (secondary N) is 3. The van der Waals surface area contributed by atoms with Crippen LogP contribution in [-0.2, 0) is 4.79 Å². The van der Waals surface area contributed by atoms with E-state index >= 15 is 0 Å². The molecule has 1 unspecified atom stereocenters. The molecular formula is C23H28BrN3O4S. The standard InChI is InChI=1S/C23H28BrN3O4S/c1-5-15(4)16-6-9-18(10-7-16)30-13-21(28)26-27-23(32)25-22(29)17-8-11-20(19(24)12-17)31-14(2)3/h6-12,14-15H,5,13H2,1-4H3,(H,26,28)(H2,25,27,29,32). The third kappa shape index (κ3) is 8.12. The summed E-state index contributed by atoms with van der Waals surface area (Å²) >= 11 is 8.44. The number of hydrogen-bond donors (Lipinski definition) is 3. The maximum Gasteiger partial charge on any atom is 0.276 e. The number of thiocarbonyl (C=S) groups is 1. The third-order valence-electron chi connectivity index (χ3n) is 4.53. The smallest absolute Gasteiger partial charge is 0.276 e. The summed E-state index contributed by atoms with van der Waals surface area (Å²) in [5.41, 5.74) is 6.48. The molecule has 0 aliphatic rings. The van der Waals surface area contributed by atoms with Gasteiger partial charge in [-0.25, -0.2) is 0 Å². The Bertz CT molecular complexity index is 951. The normalized spacial score (nSPS) is 11.4. The van der Waals surface area contributed by atoms with Gasteiger partial charge in [-0.2, -0.15) is 0 Å². The van der Waals surface area contributed by atoms with E-state index in [0.717, 1.165) is 6.42 Å². The molecule has 0 radical (unpaired) electrons. The van der Waals surface area contributed by atoms with E-state index in [4.69, 9.17) is 21.7 Å². The van der Waals surface area contributed by atoms with Crippen LogP contribution in [0.2, 0.25) is 0 Å². The third-order valence-corrected chi connectivity index (χ3v) is 5.35. The molecule has 0 aromatic heterocycles. The van der Waals surface area contributed by atoms with Gasteiger partial charge in [0.1, 0.15) is 11.5 Å². The number of halogens is 1. The van der Waals surface area contributed by atoms with Crippen molar-refractivity contribution in [1.29, 1.82) is 0 Å².